The van der Waals surface area contributed by atoms with Crippen LogP contribution in [0, 0.1) is 12.7 Å². The molecule has 2 heterocycles. The van der Waals surface area contributed by atoms with Crippen LogP contribution in [0.3, 0.4) is 0 Å². The van der Waals surface area contributed by atoms with Crippen LogP contribution in [0.1, 0.15) is 12.5 Å². The number of rotatable bonds is 4. The molecule has 0 aliphatic heterocycles. The monoisotopic (exact) mass is 333 g/mol. The van der Waals surface area contributed by atoms with E-state index in [1.165, 1.54) is 18.3 Å². The van der Waals surface area contributed by atoms with Crippen LogP contribution < -0.4 is 4.72 Å². The molecule has 0 spiro atoms. The smallest absolute Gasteiger partial charge is 0.264 e. The molecule has 1 N–H and O–H groups in total. The molecule has 2 aromatic heterocycles. The zero-order valence-corrected chi connectivity index (χ0v) is 13.6. The summed E-state index contributed by atoms with van der Waals surface area (Å²) in [7, 11) is -3.92. The number of nitrogens with zero attached hydrogens (tertiary/aromatic N) is 2. The minimum Gasteiger partial charge on any atom is -0.331 e. The highest BCUT2D eigenvalue weighted by molar-refractivity contribution is 7.93. The molecule has 5 nitrogen and oxygen atoms in total. The van der Waals surface area contributed by atoms with Gasteiger partial charge in [-0.15, -0.1) is 0 Å². The van der Waals surface area contributed by atoms with Gasteiger partial charge in [0.2, 0.25) is 0 Å². The highest BCUT2D eigenvalue weighted by Gasteiger charge is 2.22. The summed E-state index contributed by atoms with van der Waals surface area (Å²) in [5.41, 5.74) is 1.29. The zero-order chi connectivity index (χ0) is 16.6. The lowest BCUT2D eigenvalue weighted by Crippen LogP contribution is -2.14. The molecule has 1 aromatic carbocycles. The van der Waals surface area contributed by atoms with E-state index in [0.29, 0.717) is 17.6 Å². The van der Waals surface area contributed by atoms with Crippen molar-refractivity contribution in [2.24, 2.45) is 0 Å². The van der Waals surface area contributed by atoms with Crippen LogP contribution in [-0.4, -0.2) is 18.0 Å². The Hall–Kier alpha value is -2.41. The van der Waals surface area contributed by atoms with E-state index in [-0.39, 0.29) is 10.6 Å². The summed E-state index contributed by atoms with van der Waals surface area (Å²) in [5.74, 6) is -0.614. The number of benzene rings is 1. The van der Waals surface area contributed by atoms with Gasteiger partial charge in [-0.1, -0.05) is 6.07 Å². The SMILES string of the molecule is CCn1cc(S(=O)(=O)Nc2cc(C)ccc2F)c2cccnc21. The minimum atomic E-state index is -3.92. The topological polar surface area (TPSA) is 64.0 Å². The highest BCUT2D eigenvalue weighted by atomic mass is 32.2. The van der Waals surface area contributed by atoms with E-state index in [0.717, 1.165) is 5.56 Å². The lowest BCUT2D eigenvalue weighted by Gasteiger charge is -2.09. The van der Waals surface area contributed by atoms with Crippen molar-refractivity contribution in [3.8, 4) is 0 Å². The number of fused-ring (bicyclic) bond motifs is 1. The van der Waals surface area contributed by atoms with Gasteiger partial charge in [-0.25, -0.2) is 17.8 Å². The lowest BCUT2D eigenvalue weighted by atomic mass is 10.2. The van der Waals surface area contributed by atoms with E-state index in [9.17, 15) is 12.8 Å². The maximum Gasteiger partial charge on any atom is 0.264 e. The van der Waals surface area contributed by atoms with Crippen molar-refractivity contribution in [3.63, 3.8) is 0 Å². The van der Waals surface area contributed by atoms with E-state index in [1.807, 2.05) is 6.92 Å². The van der Waals surface area contributed by atoms with Crippen LogP contribution in [-0.2, 0) is 16.6 Å². The molecule has 3 rings (SSSR count). The Labute approximate surface area is 133 Å². The van der Waals surface area contributed by atoms with Crippen molar-refractivity contribution in [1.29, 1.82) is 0 Å². The first kappa shape index (κ1) is 15.5. The largest absolute Gasteiger partial charge is 0.331 e. The van der Waals surface area contributed by atoms with E-state index in [2.05, 4.69) is 9.71 Å². The zero-order valence-electron chi connectivity index (χ0n) is 12.7. The molecule has 0 unspecified atom stereocenters. The molecule has 0 radical (unpaired) electrons. The van der Waals surface area contributed by atoms with Gasteiger partial charge in [-0.05, 0) is 43.7 Å². The molecule has 0 amide bonds. The Morgan fingerprint density at radius 2 is 2.09 bits per heavy atom. The van der Waals surface area contributed by atoms with Crippen LogP contribution in [0.25, 0.3) is 11.0 Å². The number of aromatic nitrogens is 2. The van der Waals surface area contributed by atoms with Gasteiger partial charge in [0.15, 0.2) is 0 Å². The fourth-order valence-electron chi connectivity index (χ4n) is 2.46. The average Bonchev–Trinajstić information content (AvgIpc) is 2.90. The number of hydrogen-bond donors (Lipinski definition) is 1. The molecular weight excluding hydrogens is 317 g/mol. The molecule has 0 saturated heterocycles. The average molecular weight is 333 g/mol. The molecule has 0 aliphatic carbocycles. The standard InChI is InChI=1S/C16H16FN3O2S/c1-3-20-10-15(12-5-4-8-18-16(12)20)23(21,22)19-14-9-11(2)6-7-13(14)17/h4-10,19H,3H2,1-2H3. The summed E-state index contributed by atoms with van der Waals surface area (Å²) in [6, 6.07) is 7.65. The maximum atomic E-state index is 13.9. The van der Waals surface area contributed by atoms with Gasteiger partial charge < -0.3 is 4.57 Å². The molecule has 0 fully saturated rings. The summed E-state index contributed by atoms with van der Waals surface area (Å²) in [4.78, 5) is 4.31. The van der Waals surface area contributed by atoms with Gasteiger partial charge in [0.1, 0.15) is 16.4 Å². The highest BCUT2D eigenvalue weighted by Crippen LogP contribution is 2.27. The Kier molecular flexibility index (Phi) is 3.81. The van der Waals surface area contributed by atoms with Crippen molar-refractivity contribution in [2.45, 2.75) is 25.3 Å². The number of halogens is 1. The second kappa shape index (κ2) is 5.66. The van der Waals surface area contributed by atoms with Gasteiger partial charge in [0.25, 0.3) is 10.0 Å². The van der Waals surface area contributed by atoms with Crippen molar-refractivity contribution in [3.05, 3.63) is 54.1 Å². The number of sulfonamides is 1. The first-order valence-corrected chi connectivity index (χ1v) is 8.63. The number of pyridine rings is 1. The third kappa shape index (κ3) is 2.79. The second-order valence-corrected chi connectivity index (χ2v) is 6.89. The number of hydrogen-bond acceptors (Lipinski definition) is 3. The molecule has 0 saturated carbocycles. The Balaban J connectivity index is 2.12. The Morgan fingerprint density at radius 1 is 1.30 bits per heavy atom. The van der Waals surface area contributed by atoms with E-state index in [1.54, 1.807) is 35.9 Å². The van der Waals surface area contributed by atoms with Crippen LogP contribution >= 0.6 is 0 Å². The van der Waals surface area contributed by atoms with Gasteiger partial charge in [-0.3, -0.25) is 4.72 Å². The van der Waals surface area contributed by atoms with Crippen molar-refractivity contribution in [1.82, 2.24) is 9.55 Å². The van der Waals surface area contributed by atoms with E-state index < -0.39 is 15.8 Å². The predicted octanol–water partition coefficient (Wildman–Crippen LogP) is 3.30. The lowest BCUT2D eigenvalue weighted by molar-refractivity contribution is 0.598. The van der Waals surface area contributed by atoms with Crippen LogP contribution in [0.4, 0.5) is 10.1 Å². The first-order chi connectivity index (χ1) is 10.9. The molecule has 120 valence electrons. The number of anilines is 1. The fraction of sp³-hybridized carbons (Fsp3) is 0.188. The molecule has 0 bridgehead atoms. The van der Waals surface area contributed by atoms with Crippen molar-refractivity contribution < 1.29 is 12.8 Å². The van der Waals surface area contributed by atoms with Crippen LogP contribution in [0.5, 0.6) is 0 Å². The van der Waals surface area contributed by atoms with Gasteiger partial charge >= 0.3 is 0 Å². The number of aryl methyl sites for hydroxylation is 2. The molecular formula is C16H16FN3O2S. The molecule has 7 heteroatoms. The third-order valence-electron chi connectivity index (χ3n) is 3.59. The van der Waals surface area contributed by atoms with Gasteiger partial charge in [0.05, 0.1) is 5.69 Å². The second-order valence-electron chi connectivity index (χ2n) is 5.24. The molecule has 0 aliphatic rings. The summed E-state index contributed by atoms with van der Waals surface area (Å²) >= 11 is 0. The van der Waals surface area contributed by atoms with E-state index in [4.69, 9.17) is 0 Å². The summed E-state index contributed by atoms with van der Waals surface area (Å²) < 4.78 is 43.3. The summed E-state index contributed by atoms with van der Waals surface area (Å²) in [6.07, 6.45) is 3.13. The van der Waals surface area contributed by atoms with Crippen molar-refractivity contribution >= 4 is 26.7 Å². The van der Waals surface area contributed by atoms with E-state index >= 15 is 0 Å². The molecule has 23 heavy (non-hydrogen) atoms. The Morgan fingerprint density at radius 3 is 2.83 bits per heavy atom. The van der Waals surface area contributed by atoms with Crippen LogP contribution in [0.2, 0.25) is 0 Å². The Bertz CT molecular complexity index is 980. The van der Waals surface area contributed by atoms with Crippen LogP contribution in [0.15, 0.2) is 47.6 Å². The summed E-state index contributed by atoms with van der Waals surface area (Å²) in [6.45, 7) is 4.25. The molecule has 0 atom stereocenters. The van der Waals surface area contributed by atoms with Crippen molar-refractivity contribution in [2.75, 3.05) is 4.72 Å². The summed E-state index contributed by atoms with van der Waals surface area (Å²) in [5, 5.41) is 0.509. The minimum absolute atomic E-state index is 0.0636. The number of nitrogens with one attached hydrogen (secondary N) is 1. The first-order valence-electron chi connectivity index (χ1n) is 7.15. The van der Waals surface area contributed by atoms with Gasteiger partial charge in [-0.2, -0.15) is 0 Å². The third-order valence-corrected chi connectivity index (χ3v) is 4.99. The predicted molar refractivity (Wildman–Crippen MR) is 87.4 cm³/mol. The quantitative estimate of drug-likeness (QED) is 0.797. The normalized spacial score (nSPS) is 11.8. The fourth-order valence-corrected chi connectivity index (χ4v) is 3.73. The van der Waals surface area contributed by atoms with Gasteiger partial charge in [0, 0.05) is 24.3 Å². The maximum absolute atomic E-state index is 13.9. The molecule has 3 aromatic rings.